The van der Waals surface area contributed by atoms with E-state index in [2.05, 4.69) is 172 Å². The van der Waals surface area contributed by atoms with Crippen molar-refractivity contribution >= 4 is 17.9 Å². The molecule has 0 fully saturated rings. The summed E-state index contributed by atoms with van der Waals surface area (Å²) < 4.78 is 22.6. The van der Waals surface area contributed by atoms with Gasteiger partial charge >= 0.3 is 11.9 Å². The zero-order chi connectivity index (χ0) is 56.2. The predicted octanol–water partition coefficient (Wildman–Crippen LogP) is 16.2. The minimum absolute atomic E-state index is 0.124. The van der Waals surface area contributed by atoms with Crippen LogP contribution in [0, 0.1) is 0 Å². The molecular formula is C68H105NO8. The first-order chi connectivity index (χ1) is 37.6. The van der Waals surface area contributed by atoms with Gasteiger partial charge in [0.2, 0.25) is 0 Å². The lowest BCUT2D eigenvalue weighted by Gasteiger charge is -2.26. The Bertz CT molecular complexity index is 1860. The van der Waals surface area contributed by atoms with Crippen molar-refractivity contribution in [2.75, 3.05) is 47.5 Å². The van der Waals surface area contributed by atoms with E-state index in [-0.39, 0.29) is 32.7 Å². The minimum Gasteiger partial charge on any atom is -0.545 e. The van der Waals surface area contributed by atoms with Gasteiger partial charge in [0.15, 0.2) is 12.4 Å². The van der Waals surface area contributed by atoms with E-state index >= 15 is 0 Å². The first-order valence-electron chi connectivity index (χ1n) is 29.3. The number of likely N-dealkylation sites (N-methyl/N-ethyl adjacent to an activating group) is 1. The Morgan fingerprint density at radius 1 is 0.390 bits per heavy atom. The van der Waals surface area contributed by atoms with Gasteiger partial charge in [0.05, 0.1) is 40.3 Å². The van der Waals surface area contributed by atoms with Crippen molar-refractivity contribution in [1.82, 2.24) is 0 Å². The molecule has 0 heterocycles. The van der Waals surface area contributed by atoms with Crippen LogP contribution in [0.3, 0.4) is 0 Å². The molecule has 0 aromatic heterocycles. The van der Waals surface area contributed by atoms with E-state index in [9.17, 15) is 19.5 Å². The third-order valence-corrected chi connectivity index (χ3v) is 11.5. The lowest BCUT2D eigenvalue weighted by molar-refractivity contribution is -0.870. The van der Waals surface area contributed by atoms with Crippen LogP contribution in [0.25, 0.3) is 0 Å². The molecule has 2 unspecified atom stereocenters. The zero-order valence-corrected chi connectivity index (χ0v) is 48.7. The molecule has 0 aromatic carbocycles. The number of rotatable bonds is 51. The number of esters is 2. The third-order valence-electron chi connectivity index (χ3n) is 11.5. The van der Waals surface area contributed by atoms with Crippen LogP contribution in [0.2, 0.25) is 0 Å². The Kier molecular flexibility index (Phi) is 52.9. The van der Waals surface area contributed by atoms with Gasteiger partial charge in [-0.1, -0.05) is 223 Å². The van der Waals surface area contributed by atoms with Crippen molar-refractivity contribution in [2.45, 2.75) is 193 Å². The summed E-state index contributed by atoms with van der Waals surface area (Å²) in [5.41, 5.74) is 0. The van der Waals surface area contributed by atoms with Crippen molar-refractivity contribution in [3.63, 3.8) is 0 Å². The van der Waals surface area contributed by atoms with Gasteiger partial charge in [-0.3, -0.25) is 9.59 Å². The fourth-order valence-corrected chi connectivity index (χ4v) is 7.05. The van der Waals surface area contributed by atoms with E-state index in [1.165, 1.54) is 25.7 Å². The molecule has 2 atom stereocenters. The molecule has 0 saturated heterocycles. The van der Waals surface area contributed by atoms with Crippen molar-refractivity contribution < 1.29 is 42.9 Å². The van der Waals surface area contributed by atoms with E-state index in [1.54, 1.807) is 0 Å². The maximum Gasteiger partial charge on any atom is 0.306 e. The van der Waals surface area contributed by atoms with Crippen LogP contribution in [-0.4, -0.2) is 82.3 Å². The number of hydrogen-bond acceptors (Lipinski definition) is 8. The second-order valence-electron chi connectivity index (χ2n) is 19.8. The molecule has 0 spiro atoms. The van der Waals surface area contributed by atoms with Gasteiger partial charge in [0.25, 0.3) is 0 Å². The second kappa shape index (κ2) is 56.8. The maximum atomic E-state index is 12.9. The number of nitrogens with zero attached hydrogens (tertiary/aromatic N) is 1. The lowest BCUT2D eigenvalue weighted by atomic mass is 10.1. The molecule has 0 aliphatic heterocycles. The summed E-state index contributed by atoms with van der Waals surface area (Å²) >= 11 is 0. The zero-order valence-electron chi connectivity index (χ0n) is 48.7. The Labute approximate surface area is 469 Å². The van der Waals surface area contributed by atoms with Crippen LogP contribution in [0.5, 0.6) is 0 Å². The summed E-state index contributed by atoms with van der Waals surface area (Å²) in [6, 6.07) is 0. The smallest absolute Gasteiger partial charge is 0.306 e. The molecule has 0 N–H and O–H groups in total. The SMILES string of the molecule is CC/C=C\C/C=C\C/C=C\C/C=C\C/C=C\C/C=C\C/C=C\C/C=C\CCCCCCCCCCC(=O)OC(COC(=O)CC/C=C\C/C=C\C/C=C\C/C=C\C/C=C\C/C=C\CC)COC(OCC[N+](C)(C)C)C(=O)[O-]. The standard InChI is InChI=1S/C68H105NO8/c1-6-8-10-12-14-16-18-20-22-24-26-27-28-29-30-31-32-33-34-35-36-37-38-39-41-43-45-47-49-51-53-55-57-59-66(71)77-64(63-76-68(67(72)73)74-61-60-69(3,4)5)62-75-65(70)58-56-54-52-50-48-46-44-42-40-25-23-21-19-17-15-13-11-9-7-2/h8-11,14-17,20-23,26-27,29-30,32-33,35-36,38-40,42,46,48,52,54,64,68H,6-7,12-13,18-19,24-25,28,31,34,37,41,43-45,47,49-51,53,55-63H2,1-5H3/b10-8-,11-9-,16-14-,17-15-,22-20-,23-21-,27-26-,30-29-,33-32-,36-35-,39-38-,42-40-,48-46-,54-52-. The number of unbranched alkanes of at least 4 members (excludes halogenated alkanes) is 8. The minimum atomic E-state index is -1.65. The van der Waals surface area contributed by atoms with Crippen LogP contribution < -0.4 is 5.11 Å². The van der Waals surface area contributed by atoms with Gasteiger partial charge in [-0.25, -0.2) is 0 Å². The number of carbonyl (C=O) groups excluding carboxylic acids is 3. The van der Waals surface area contributed by atoms with Crippen LogP contribution in [-0.2, 0) is 33.3 Å². The Morgan fingerprint density at radius 3 is 1.09 bits per heavy atom. The van der Waals surface area contributed by atoms with E-state index < -0.39 is 30.3 Å². The Hall–Kier alpha value is -5.35. The lowest BCUT2D eigenvalue weighted by Crippen LogP contribution is -2.44. The van der Waals surface area contributed by atoms with Gasteiger partial charge in [-0.05, 0) is 116 Å². The van der Waals surface area contributed by atoms with Crippen LogP contribution in [0.4, 0.5) is 0 Å². The van der Waals surface area contributed by atoms with Crippen molar-refractivity contribution in [3.8, 4) is 0 Å². The normalized spacial score (nSPS) is 14.0. The van der Waals surface area contributed by atoms with Gasteiger partial charge < -0.3 is 33.3 Å². The maximum absolute atomic E-state index is 12.9. The molecule has 0 saturated carbocycles. The van der Waals surface area contributed by atoms with E-state index in [1.807, 2.05) is 33.3 Å². The summed E-state index contributed by atoms with van der Waals surface area (Å²) in [4.78, 5) is 37.2. The summed E-state index contributed by atoms with van der Waals surface area (Å²) in [6.45, 7) is 4.38. The quantitative estimate of drug-likeness (QED) is 0.0195. The molecular weight excluding hydrogens is 959 g/mol. The summed E-state index contributed by atoms with van der Waals surface area (Å²) in [5, 5.41) is 11.8. The van der Waals surface area contributed by atoms with E-state index in [0.29, 0.717) is 23.9 Å². The van der Waals surface area contributed by atoms with Crippen LogP contribution >= 0.6 is 0 Å². The van der Waals surface area contributed by atoms with Gasteiger partial charge in [0.1, 0.15) is 13.2 Å². The number of carbonyl (C=O) groups is 3. The molecule has 0 aromatic rings. The monoisotopic (exact) mass is 1060 g/mol. The Morgan fingerprint density at radius 2 is 0.727 bits per heavy atom. The van der Waals surface area contributed by atoms with E-state index in [4.69, 9.17) is 18.9 Å². The number of allylic oxidation sites excluding steroid dienone is 28. The van der Waals surface area contributed by atoms with Gasteiger partial charge in [-0.15, -0.1) is 0 Å². The Balaban J connectivity index is 4.37. The van der Waals surface area contributed by atoms with Crippen LogP contribution in [0.1, 0.15) is 181 Å². The molecule has 0 bridgehead atoms. The highest BCUT2D eigenvalue weighted by Crippen LogP contribution is 2.13. The topological polar surface area (TPSA) is 111 Å². The molecule has 0 aliphatic rings. The van der Waals surface area contributed by atoms with Gasteiger partial charge in [0, 0.05) is 12.8 Å². The van der Waals surface area contributed by atoms with Gasteiger partial charge in [-0.2, -0.15) is 0 Å². The average molecular weight is 1060 g/mol. The highest BCUT2D eigenvalue weighted by molar-refractivity contribution is 5.70. The number of carboxylic acid groups (broad SMARTS) is 1. The predicted molar refractivity (Wildman–Crippen MR) is 324 cm³/mol. The second-order valence-corrected chi connectivity index (χ2v) is 19.8. The molecule has 0 radical (unpaired) electrons. The number of aliphatic carboxylic acids is 1. The van der Waals surface area contributed by atoms with Crippen LogP contribution in [0.15, 0.2) is 170 Å². The fraction of sp³-hybridized carbons (Fsp3) is 0.544. The summed E-state index contributed by atoms with van der Waals surface area (Å²) in [5.74, 6) is -2.43. The average Bonchev–Trinajstić information content (AvgIpc) is 3.40. The number of quaternary nitrogens is 1. The molecule has 0 rings (SSSR count). The number of hydrogen-bond donors (Lipinski definition) is 0. The summed E-state index contributed by atoms with van der Waals surface area (Å²) in [6.07, 6.45) is 82.7. The largest absolute Gasteiger partial charge is 0.545 e. The number of carboxylic acids is 1. The molecule has 0 amide bonds. The first-order valence-corrected chi connectivity index (χ1v) is 29.3. The third kappa shape index (κ3) is 58.2. The molecule has 0 aliphatic carbocycles. The molecule has 430 valence electrons. The highest BCUT2D eigenvalue weighted by atomic mass is 16.7. The summed E-state index contributed by atoms with van der Waals surface area (Å²) in [7, 11) is 5.88. The first kappa shape index (κ1) is 71.7. The van der Waals surface area contributed by atoms with Crippen molar-refractivity contribution in [2.24, 2.45) is 0 Å². The van der Waals surface area contributed by atoms with Crippen molar-refractivity contribution in [3.05, 3.63) is 170 Å². The molecule has 77 heavy (non-hydrogen) atoms. The fourth-order valence-electron chi connectivity index (χ4n) is 7.05. The van der Waals surface area contributed by atoms with E-state index in [0.717, 1.165) is 116 Å². The van der Waals surface area contributed by atoms with Crippen molar-refractivity contribution in [1.29, 1.82) is 0 Å². The number of ether oxygens (including phenoxy) is 4. The highest BCUT2D eigenvalue weighted by Gasteiger charge is 2.21. The molecule has 9 heteroatoms. The molecule has 9 nitrogen and oxygen atoms in total.